The van der Waals surface area contributed by atoms with Gasteiger partial charge in [0.25, 0.3) is 0 Å². The molecule has 1 aliphatic heterocycles. The van der Waals surface area contributed by atoms with E-state index in [0.29, 0.717) is 26.2 Å². The van der Waals surface area contributed by atoms with Gasteiger partial charge < -0.3 is 19.7 Å². The van der Waals surface area contributed by atoms with Gasteiger partial charge in [0.1, 0.15) is 6.61 Å². The van der Waals surface area contributed by atoms with Crippen LogP contribution in [-0.2, 0) is 16.1 Å². The summed E-state index contributed by atoms with van der Waals surface area (Å²) in [4.78, 5) is 18.2. The van der Waals surface area contributed by atoms with Crippen LogP contribution in [0.1, 0.15) is 24.1 Å². The predicted octanol–water partition coefficient (Wildman–Crippen LogP) is 2.77. The number of ether oxygens (including phenoxy) is 2. The van der Waals surface area contributed by atoms with E-state index in [1.54, 1.807) is 11.1 Å². The molecule has 0 bridgehead atoms. The molecule has 1 aliphatic rings. The van der Waals surface area contributed by atoms with Gasteiger partial charge in [-0.05, 0) is 24.1 Å². The minimum Gasteiger partial charge on any atom is -0.445 e. The third-order valence-corrected chi connectivity index (χ3v) is 4.44. The third kappa shape index (κ3) is 5.28. The van der Waals surface area contributed by atoms with E-state index in [-0.39, 0.29) is 24.8 Å². The number of carbonyl (C=O) groups excluding carboxylic acids is 1. The zero-order valence-electron chi connectivity index (χ0n) is 15.0. The van der Waals surface area contributed by atoms with Gasteiger partial charge in [-0.1, -0.05) is 36.4 Å². The summed E-state index contributed by atoms with van der Waals surface area (Å²) in [6.07, 6.45) is 3.28. The molecule has 6 nitrogen and oxygen atoms in total. The Bertz CT molecular complexity index is 681. The minimum absolute atomic E-state index is 0.0489. The van der Waals surface area contributed by atoms with Gasteiger partial charge >= 0.3 is 6.09 Å². The maximum absolute atomic E-state index is 12.3. The van der Waals surface area contributed by atoms with Gasteiger partial charge in [0.2, 0.25) is 0 Å². The van der Waals surface area contributed by atoms with Gasteiger partial charge in [0.15, 0.2) is 0 Å². The summed E-state index contributed by atoms with van der Waals surface area (Å²) in [5.74, 6) is 0. The highest BCUT2D eigenvalue weighted by Gasteiger charge is 2.25. The van der Waals surface area contributed by atoms with Crippen molar-refractivity contribution >= 4 is 6.09 Å². The normalized spacial score (nSPS) is 18.3. The lowest BCUT2D eigenvalue weighted by atomic mass is 10.1. The van der Waals surface area contributed by atoms with Crippen molar-refractivity contribution in [3.05, 3.63) is 66.0 Å². The van der Waals surface area contributed by atoms with Gasteiger partial charge in [0, 0.05) is 31.5 Å². The summed E-state index contributed by atoms with van der Waals surface area (Å²) in [6, 6.07) is 13.8. The molecule has 26 heavy (non-hydrogen) atoms. The third-order valence-electron chi connectivity index (χ3n) is 4.44. The van der Waals surface area contributed by atoms with E-state index in [2.05, 4.69) is 17.2 Å². The van der Waals surface area contributed by atoms with Crippen LogP contribution < -0.4 is 5.32 Å². The fourth-order valence-corrected chi connectivity index (χ4v) is 2.88. The van der Waals surface area contributed by atoms with E-state index in [1.165, 1.54) is 0 Å². The zero-order valence-corrected chi connectivity index (χ0v) is 15.0. The average Bonchev–Trinajstić information content (AvgIpc) is 2.72. The zero-order chi connectivity index (χ0) is 18.2. The smallest absolute Gasteiger partial charge is 0.410 e. The first kappa shape index (κ1) is 18.4. The van der Waals surface area contributed by atoms with Crippen LogP contribution in [0.4, 0.5) is 4.79 Å². The van der Waals surface area contributed by atoms with Crippen LogP contribution >= 0.6 is 0 Å². The molecule has 1 saturated heterocycles. The summed E-state index contributed by atoms with van der Waals surface area (Å²) >= 11 is 0. The van der Waals surface area contributed by atoms with Gasteiger partial charge in [-0.15, -0.1) is 0 Å². The van der Waals surface area contributed by atoms with Gasteiger partial charge in [-0.2, -0.15) is 0 Å². The second-order valence-corrected chi connectivity index (χ2v) is 6.40. The Kier molecular flexibility index (Phi) is 6.57. The highest BCUT2D eigenvalue weighted by Crippen LogP contribution is 2.12. The number of nitrogens with zero attached hydrogens (tertiary/aromatic N) is 2. The van der Waals surface area contributed by atoms with E-state index in [0.717, 1.165) is 11.1 Å². The lowest BCUT2D eigenvalue weighted by molar-refractivity contribution is -0.0278. The maximum Gasteiger partial charge on any atom is 0.410 e. The van der Waals surface area contributed by atoms with Crippen LogP contribution in [0.25, 0.3) is 0 Å². The number of pyridine rings is 1. The first-order chi connectivity index (χ1) is 12.7. The number of rotatable bonds is 6. The predicted molar refractivity (Wildman–Crippen MR) is 98.6 cm³/mol. The second-order valence-electron chi connectivity index (χ2n) is 6.40. The Hall–Kier alpha value is -2.44. The standard InChI is InChI=1S/C20H25N3O3/c1-16(18-8-5-9-21-12-18)22-13-19-14-23(10-11-25-19)20(24)26-15-17-6-3-2-4-7-17/h2-9,12,16,19,22H,10-11,13-15H2,1H3. The average molecular weight is 355 g/mol. The molecule has 1 aromatic heterocycles. The molecule has 1 aromatic carbocycles. The fraction of sp³-hybridized carbons (Fsp3) is 0.400. The number of carbonyl (C=O) groups is 1. The topological polar surface area (TPSA) is 63.7 Å². The van der Waals surface area contributed by atoms with E-state index in [4.69, 9.17) is 9.47 Å². The quantitative estimate of drug-likeness (QED) is 0.863. The Morgan fingerprint density at radius 2 is 2.19 bits per heavy atom. The molecule has 0 spiro atoms. The molecule has 1 fully saturated rings. The number of hydrogen-bond acceptors (Lipinski definition) is 5. The van der Waals surface area contributed by atoms with Gasteiger partial charge in [0.05, 0.1) is 19.3 Å². The van der Waals surface area contributed by atoms with Gasteiger partial charge in [-0.25, -0.2) is 4.79 Å². The molecule has 0 radical (unpaired) electrons. The van der Waals surface area contributed by atoms with Crippen molar-refractivity contribution < 1.29 is 14.3 Å². The largest absolute Gasteiger partial charge is 0.445 e. The van der Waals surface area contributed by atoms with Crippen LogP contribution in [-0.4, -0.2) is 48.3 Å². The summed E-state index contributed by atoms with van der Waals surface area (Å²) < 4.78 is 11.2. The van der Waals surface area contributed by atoms with Crippen LogP contribution in [0, 0.1) is 0 Å². The highest BCUT2D eigenvalue weighted by molar-refractivity contribution is 5.67. The molecule has 2 atom stereocenters. The maximum atomic E-state index is 12.3. The van der Waals surface area contributed by atoms with Crippen LogP contribution in [0.5, 0.6) is 0 Å². The molecule has 138 valence electrons. The SMILES string of the molecule is CC(NCC1CN(C(=O)OCc2ccccc2)CCO1)c1cccnc1. The molecule has 0 aliphatic carbocycles. The number of morpholine rings is 1. The van der Waals surface area contributed by atoms with Crippen LogP contribution in [0.3, 0.4) is 0 Å². The lowest BCUT2D eigenvalue weighted by Gasteiger charge is -2.33. The van der Waals surface area contributed by atoms with Crippen molar-refractivity contribution in [2.75, 3.05) is 26.2 Å². The molecule has 2 aromatic rings. The van der Waals surface area contributed by atoms with Crippen molar-refractivity contribution in [3.8, 4) is 0 Å². The summed E-state index contributed by atoms with van der Waals surface area (Å²) in [5.41, 5.74) is 2.11. The molecular formula is C20H25N3O3. The van der Waals surface area contributed by atoms with Crippen LogP contribution in [0.15, 0.2) is 54.9 Å². The minimum atomic E-state index is -0.289. The molecule has 6 heteroatoms. The molecular weight excluding hydrogens is 330 g/mol. The molecule has 2 unspecified atom stereocenters. The number of nitrogens with one attached hydrogen (secondary N) is 1. The van der Waals surface area contributed by atoms with E-state index in [1.807, 2.05) is 48.7 Å². The molecule has 2 heterocycles. The molecule has 1 amide bonds. The van der Waals surface area contributed by atoms with E-state index < -0.39 is 0 Å². The van der Waals surface area contributed by atoms with Crippen LogP contribution in [0.2, 0.25) is 0 Å². The van der Waals surface area contributed by atoms with Crippen molar-refractivity contribution in [2.45, 2.75) is 25.7 Å². The number of aromatic nitrogens is 1. The Morgan fingerprint density at radius 1 is 1.35 bits per heavy atom. The second kappa shape index (κ2) is 9.31. The number of amides is 1. The Morgan fingerprint density at radius 3 is 2.96 bits per heavy atom. The number of hydrogen-bond donors (Lipinski definition) is 1. The number of benzene rings is 1. The van der Waals surface area contributed by atoms with E-state index >= 15 is 0 Å². The van der Waals surface area contributed by atoms with Gasteiger partial charge in [-0.3, -0.25) is 4.98 Å². The summed E-state index contributed by atoms with van der Waals surface area (Å²) in [7, 11) is 0. The summed E-state index contributed by atoms with van der Waals surface area (Å²) in [6.45, 7) is 4.65. The fourth-order valence-electron chi connectivity index (χ4n) is 2.88. The molecule has 1 N–H and O–H groups in total. The first-order valence-electron chi connectivity index (χ1n) is 8.93. The highest BCUT2D eigenvalue weighted by atomic mass is 16.6. The Labute approximate surface area is 154 Å². The van der Waals surface area contributed by atoms with Crippen molar-refractivity contribution in [2.24, 2.45) is 0 Å². The van der Waals surface area contributed by atoms with Crippen molar-refractivity contribution in [1.29, 1.82) is 0 Å². The Balaban J connectivity index is 1.44. The molecule has 0 saturated carbocycles. The lowest BCUT2D eigenvalue weighted by Crippen LogP contribution is -2.49. The van der Waals surface area contributed by atoms with Crippen molar-refractivity contribution in [1.82, 2.24) is 15.2 Å². The summed E-state index contributed by atoms with van der Waals surface area (Å²) in [5, 5.41) is 3.44. The van der Waals surface area contributed by atoms with E-state index in [9.17, 15) is 4.79 Å². The van der Waals surface area contributed by atoms with Crippen molar-refractivity contribution in [3.63, 3.8) is 0 Å². The first-order valence-corrected chi connectivity index (χ1v) is 8.93. The molecule has 3 rings (SSSR count). The monoisotopic (exact) mass is 355 g/mol.